The summed E-state index contributed by atoms with van der Waals surface area (Å²) in [6, 6.07) is 2.11. The maximum Gasteiger partial charge on any atom is 0.142 e. The standard InChI is InChI=1S/C15H17N5/c1-19-6-13-5-17-15(18-14(13)9-19)10-20-7-11-2-3-16-4-12(11)8-20/h2-5H,6-10H2,1H3. The van der Waals surface area contributed by atoms with Crippen molar-refractivity contribution in [1.82, 2.24) is 24.8 Å². The fourth-order valence-electron chi connectivity index (χ4n) is 3.03. The van der Waals surface area contributed by atoms with Gasteiger partial charge >= 0.3 is 0 Å². The van der Waals surface area contributed by atoms with Crippen molar-refractivity contribution in [3.63, 3.8) is 0 Å². The first-order valence-electron chi connectivity index (χ1n) is 6.94. The van der Waals surface area contributed by atoms with E-state index in [1.807, 2.05) is 18.6 Å². The molecule has 102 valence electrons. The number of nitrogens with zero attached hydrogens (tertiary/aromatic N) is 5. The van der Waals surface area contributed by atoms with E-state index in [-0.39, 0.29) is 0 Å². The second-order valence-corrected chi connectivity index (χ2v) is 5.72. The minimum absolute atomic E-state index is 0.811. The molecule has 0 N–H and O–H groups in total. The van der Waals surface area contributed by atoms with Crippen LogP contribution in [0.25, 0.3) is 0 Å². The van der Waals surface area contributed by atoms with Gasteiger partial charge in [0, 0.05) is 50.3 Å². The van der Waals surface area contributed by atoms with E-state index < -0.39 is 0 Å². The highest BCUT2D eigenvalue weighted by molar-refractivity contribution is 5.27. The van der Waals surface area contributed by atoms with E-state index in [1.165, 1.54) is 22.4 Å². The van der Waals surface area contributed by atoms with Gasteiger partial charge in [0.1, 0.15) is 5.82 Å². The van der Waals surface area contributed by atoms with Gasteiger partial charge in [0.15, 0.2) is 0 Å². The molecule has 4 heterocycles. The minimum atomic E-state index is 0.811. The molecule has 0 amide bonds. The van der Waals surface area contributed by atoms with E-state index in [4.69, 9.17) is 4.98 Å². The molecule has 0 atom stereocenters. The molecule has 0 aromatic carbocycles. The molecule has 4 rings (SSSR count). The van der Waals surface area contributed by atoms with Gasteiger partial charge in [0.2, 0.25) is 0 Å². The van der Waals surface area contributed by atoms with Gasteiger partial charge in [0.05, 0.1) is 12.2 Å². The maximum atomic E-state index is 4.72. The highest BCUT2D eigenvalue weighted by Gasteiger charge is 2.22. The number of hydrogen-bond acceptors (Lipinski definition) is 5. The molecule has 2 aromatic rings. The van der Waals surface area contributed by atoms with Crippen LogP contribution in [0.4, 0.5) is 0 Å². The summed E-state index contributed by atoms with van der Waals surface area (Å²) < 4.78 is 0. The summed E-state index contributed by atoms with van der Waals surface area (Å²) in [7, 11) is 2.12. The molecule has 0 saturated heterocycles. The molecular weight excluding hydrogens is 250 g/mol. The average molecular weight is 267 g/mol. The Hall–Kier alpha value is -1.85. The van der Waals surface area contributed by atoms with E-state index in [1.54, 1.807) is 0 Å². The van der Waals surface area contributed by atoms with Gasteiger partial charge in [-0.15, -0.1) is 0 Å². The van der Waals surface area contributed by atoms with Gasteiger partial charge in [-0.25, -0.2) is 9.97 Å². The summed E-state index contributed by atoms with van der Waals surface area (Å²) in [6.07, 6.45) is 5.82. The quantitative estimate of drug-likeness (QED) is 0.821. The fourth-order valence-corrected chi connectivity index (χ4v) is 3.03. The third kappa shape index (κ3) is 2.09. The summed E-state index contributed by atoms with van der Waals surface area (Å²) >= 11 is 0. The molecule has 5 nitrogen and oxygen atoms in total. The molecule has 0 fully saturated rings. The van der Waals surface area contributed by atoms with Gasteiger partial charge in [-0.3, -0.25) is 14.8 Å². The van der Waals surface area contributed by atoms with Gasteiger partial charge in [-0.1, -0.05) is 0 Å². The number of rotatable bonds is 2. The van der Waals surface area contributed by atoms with Crippen molar-refractivity contribution in [3.8, 4) is 0 Å². The highest BCUT2D eigenvalue weighted by Crippen LogP contribution is 2.23. The minimum Gasteiger partial charge on any atom is -0.296 e. The summed E-state index contributed by atoms with van der Waals surface area (Å²) in [4.78, 5) is 18.1. The Balaban J connectivity index is 1.50. The lowest BCUT2D eigenvalue weighted by Gasteiger charge is -2.13. The Morgan fingerprint density at radius 3 is 2.85 bits per heavy atom. The van der Waals surface area contributed by atoms with Crippen LogP contribution in [-0.2, 0) is 32.7 Å². The molecule has 0 unspecified atom stereocenters. The molecule has 5 heteroatoms. The van der Waals surface area contributed by atoms with Crippen molar-refractivity contribution in [2.24, 2.45) is 0 Å². The highest BCUT2D eigenvalue weighted by atomic mass is 15.2. The van der Waals surface area contributed by atoms with Crippen molar-refractivity contribution in [2.45, 2.75) is 32.7 Å². The van der Waals surface area contributed by atoms with Gasteiger partial charge < -0.3 is 0 Å². The monoisotopic (exact) mass is 267 g/mol. The van der Waals surface area contributed by atoms with E-state index in [2.05, 4.69) is 32.9 Å². The Labute approximate surface area is 118 Å². The van der Waals surface area contributed by atoms with Gasteiger partial charge in [0.25, 0.3) is 0 Å². The molecule has 2 aromatic heterocycles. The van der Waals surface area contributed by atoms with Crippen LogP contribution in [0.5, 0.6) is 0 Å². The zero-order chi connectivity index (χ0) is 13.5. The molecule has 0 bridgehead atoms. The first-order valence-corrected chi connectivity index (χ1v) is 6.94. The summed E-state index contributed by atoms with van der Waals surface area (Å²) in [5.41, 5.74) is 5.16. The summed E-state index contributed by atoms with van der Waals surface area (Å²) in [5, 5.41) is 0. The van der Waals surface area contributed by atoms with Crippen LogP contribution in [0.1, 0.15) is 28.2 Å². The average Bonchev–Trinajstić information content (AvgIpc) is 2.99. The Morgan fingerprint density at radius 2 is 1.95 bits per heavy atom. The molecule has 0 aliphatic carbocycles. The van der Waals surface area contributed by atoms with Crippen molar-refractivity contribution >= 4 is 0 Å². The number of fused-ring (bicyclic) bond motifs is 2. The summed E-state index contributed by atoms with van der Waals surface area (Å²) in [5.74, 6) is 0.930. The predicted octanol–water partition coefficient (Wildman–Crippen LogP) is 1.33. The normalized spacial score (nSPS) is 18.2. The third-order valence-corrected chi connectivity index (χ3v) is 4.02. The first-order chi connectivity index (χ1) is 9.78. The number of hydrogen-bond donors (Lipinski definition) is 0. The number of aromatic nitrogens is 3. The SMILES string of the molecule is CN1Cc2cnc(CN3Cc4ccncc4C3)nc2C1. The van der Waals surface area contributed by atoms with E-state index in [0.717, 1.165) is 38.5 Å². The van der Waals surface area contributed by atoms with Crippen molar-refractivity contribution in [1.29, 1.82) is 0 Å². The van der Waals surface area contributed by atoms with Crippen LogP contribution >= 0.6 is 0 Å². The van der Waals surface area contributed by atoms with Gasteiger partial charge in [-0.2, -0.15) is 0 Å². The summed E-state index contributed by atoms with van der Waals surface area (Å²) in [6.45, 7) is 4.64. The fraction of sp³-hybridized carbons (Fsp3) is 0.400. The van der Waals surface area contributed by atoms with Crippen LogP contribution in [0.15, 0.2) is 24.7 Å². The molecular formula is C15H17N5. The maximum absolute atomic E-state index is 4.72. The molecule has 2 aliphatic heterocycles. The van der Waals surface area contributed by atoms with Crippen molar-refractivity contribution in [2.75, 3.05) is 7.05 Å². The van der Waals surface area contributed by atoms with Crippen LogP contribution < -0.4 is 0 Å². The zero-order valence-corrected chi connectivity index (χ0v) is 11.6. The Kier molecular flexibility index (Phi) is 2.75. The lowest BCUT2D eigenvalue weighted by atomic mass is 10.2. The first kappa shape index (κ1) is 11.9. The molecule has 20 heavy (non-hydrogen) atoms. The smallest absolute Gasteiger partial charge is 0.142 e. The van der Waals surface area contributed by atoms with Crippen molar-refractivity contribution in [3.05, 3.63) is 52.9 Å². The van der Waals surface area contributed by atoms with Crippen LogP contribution in [-0.4, -0.2) is 31.8 Å². The predicted molar refractivity (Wildman–Crippen MR) is 74.4 cm³/mol. The third-order valence-electron chi connectivity index (χ3n) is 4.02. The van der Waals surface area contributed by atoms with Crippen LogP contribution in [0.2, 0.25) is 0 Å². The Morgan fingerprint density at radius 1 is 1.05 bits per heavy atom. The second-order valence-electron chi connectivity index (χ2n) is 5.72. The Bertz CT molecular complexity index is 629. The molecule has 0 spiro atoms. The van der Waals surface area contributed by atoms with Gasteiger partial charge in [-0.05, 0) is 24.2 Å². The largest absolute Gasteiger partial charge is 0.296 e. The van der Waals surface area contributed by atoms with E-state index in [0.29, 0.717) is 0 Å². The lowest BCUT2D eigenvalue weighted by molar-refractivity contribution is 0.267. The van der Waals surface area contributed by atoms with Crippen LogP contribution in [0, 0.1) is 0 Å². The van der Waals surface area contributed by atoms with Crippen molar-refractivity contribution < 1.29 is 0 Å². The van der Waals surface area contributed by atoms with E-state index in [9.17, 15) is 0 Å². The molecule has 2 aliphatic rings. The van der Waals surface area contributed by atoms with Crippen LogP contribution in [0.3, 0.4) is 0 Å². The lowest BCUT2D eigenvalue weighted by Crippen LogP contribution is -2.18. The molecule has 0 saturated carbocycles. The zero-order valence-electron chi connectivity index (χ0n) is 11.6. The van der Waals surface area contributed by atoms with E-state index >= 15 is 0 Å². The number of pyridine rings is 1. The molecule has 0 radical (unpaired) electrons. The topological polar surface area (TPSA) is 45.2 Å². The second kappa shape index (κ2) is 4.61.